The van der Waals surface area contributed by atoms with Crippen LogP contribution in [0.1, 0.15) is 12.5 Å². The molecule has 1 heterocycles. The highest BCUT2D eigenvalue weighted by Gasteiger charge is 2.45. The van der Waals surface area contributed by atoms with E-state index in [1.807, 2.05) is 12.1 Å². The summed E-state index contributed by atoms with van der Waals surface area (Å²) < 4.78 is 15.4. The van der Waals surface area contributed by atoms with Gasteiger partial charge < -0.3 is 14.2 Å². The molecule has 0 amide bonds. The first-order chi connectivity index (χ1) is 8.59. The predicted molar refractivity (Wildman–Crippen MR) is 67.9 cm³/mol. The van der Waals surface area contributed by atoms with Gasteiger partial charge in [0.2, 0.25) is 0 Å². The van der Waals surface area contributed by atoms with Crippen molar-refractivity contribution in [2.24, 2.45) is 0 Å². The van der Waals surface area contributed by atoms with Crippen LogP contribution in [0, 0.1) is 0 Å². The van der Waals surface area contributed by atoms with E-state index in [0.717, 1.165) is 5.56 Å². The number of carbonyl (C=O) groups is 1. The second kappa shape index (κ2) is 4.82. The van der Waals surface area contributed by atoms with Crippen molar-refractivity contribution in [3.05, 3.63) is 29.8 Å². The van der Waals surface area contributed by atoms with Crippen LogP contribution in [0.5, 0.6) is 11.5 Å². The molecule has 1 aromatic carbocycles. The van der Waals surface area contributed by atoms with Gasteiger partial charge >= 0.3 is 0 Å². The van der Waals surface area contributed by atoms with E-state index in [9.17, 15) is 4.79 Å². The Morgan fingerprint density at radius 1 is 1.33 bits per heavy atom. The van der Waals surface area contributed by atoms with E-state index in [-0.39, 0.29) is 5.78 Å². The number of ether oxygens (including phenoxy) is 3. The third-order valence-corrected chi connectivity index (χ3v) is 2.93. The predicted octanol–water partition coefficient (Wildman–Crippen LogP) is 2.08. The number of epoxide rings is 1. The van der Waals surface area contributed by atoms with Crippen molar-refractivity contribution < 1.29 is 19.0 Å². The zero-order valence-corrected chi connectivity index (χ0v) is 10.7. The minimum absolute atomic E-state index is 0.0164. The van der Waals surface area contributed by atoms with Crippen molar-refractivity contribution in [1.29, 1.82) is 0 Å². The minimum atomic E-state index is -0.604. The Hall–Kier alpha value is -1.81. The Morgan fingerprint density at radius 3 is 2.56 bits per heavy atom. The van der Waals surface area contributed by atoms with Crippen molar-refractivity contribution in [2.75, 3.05) is 20.8 Å². The van der Waals surface area contributed by atoms with E-state index in [1.165, 1.54) is 6.08 Å². The summed E-state index contributed by atoms with van der Waals surface area (Å²) in [7, 11) is 3.16. The lowest BCUT2D eigenvalue weighted by atomic mass is 10.1. The van der Waals surface area contributed by atoms with Crippen LogP contribution in [0.4, 0.5) is 0 Å². The number of carbonyl (C=O) groups excluding carboxylic acids is 1. The molecule has 1 atom stereocenters. The lowest BCUT2D eigenvalue weighted by Crippen LogP contribution is -2.17. The van der Waals surface area contributed by atoms with Crippen LogP contribution in [0.3, 0.4) is 0 Å². The normalized spacial score (nSPS) is 21.9. The molecular formula is C14H16O4. The summed E-state index contributed by atoms with van der Waals surface area (Å²) in [6, 6.07) is 5.48. The highest BCUT2D eigenvalue weighted by Crippen LogP contribution is 2.29. The average molecular weight is 248 g/mol. The summed E-state index contributed by atoms with van der Waals surface area (Å²) in [5, 5.41) is 0. The Labute approximate surface area is 106 Å². The van der Waals surface area contributed by atoms with Crippen LogP contribution in [0.2, 0.25) is 0 Å². The van der Waals surface area contributed by atoms with Gasteiger partial charge in [-0.25, -0.2) is 0 Å². The van der Waals surface area contributed by atoms with Crippen LogP contribution in [0.25, 0.3) is 6.08 Å². The van der Waals surface area contributed by atoms with Crippen LogP contribution < -0.4 is 9.47 Å². The lowest BCUT2D eigenvalue weighted by Gasteiger charge is -2.07. The van der Waals surface area contributed by atoms with Crippen molar-refractivity contribution >= 4 is 11.9 Å². The molecule has 0 spiro atoms. The molecule has 1 saturated heterocycles. The summed E-state index contributed by atoms with van der Waals surface area (Å²) in [6.45, 7) is 2.29. The summed E-state index contributed by atoms with van der Waals surface area (Å²) in [4.78, 5) is 11.7. The maximum atomic E-state index is 11.7. The molecule has 0 saturated carbocycles. The van der Waals surface area contributed by atoms with Gasteiger partial charge in [-0.15, -0.1) is 0 Å². The molecule has 1 aromatic rings. The lowest BCUT2D eigenvalue weighted by molar-refractivity contribution is -0.118. The monoisotopic (exact) mass is 248 g/mol. The molecule has 4 heteroatoms. The maximum Gasteiger partial charge on any atom is 0.189 e. The number of hydrogen-bond donors (Lipinski definition) is 0. The molecular weight excluding hydrogens is 232 g/mol. The third kappa shape index (κ3) is 2.54. The Bertz CT molecular complexity index is 487. The zero-order chi connectivity index (χ0) is 13.2. The maximum absolute atomic E-state index is 11.7. The highest BCUT2D eigenvalue weighted by molar-refractivity contribution is 6.01. The summed E-state index contributed by atoms with van der Waals surface area (Å²) >= 11 is 0. The Balaban J connectivity index is 2.14. The van der Waals surface area contributed by atoms with Crippen molar-refractivity contribution in [2.45, 2.75) is 12.5 Å². The summed E-state index contributed by atoms with van der Waals surface area (Å²) in [5.74, 6) is 1.29. The number of benzene rings is 1. The topological polar surface area (TPSA) is 48.1 Å². The first-order valence-electron chi connectivity index (χ1n) is 5.67. The van der Waals surface area contributed by atoms with Gasteiger partial charge in [-0.3, -0.25) is 4.79 Å². The average Bonchev–Trinajstić information content (AvgIpc) is 3.14. The van der Waals surface area contributed by atoms with Gasteiger partial charge in [-0.1, -0.05) is 12.1 Å². The number of methoxy groups -OCH3 is 2. The first-order valence-corrected chi connectivity index (χ1v) is 5.67. The molecule has 0 aliphatic carbocycles. The zero-order valence-electron chi connectivity index (χ0n) is 10.7. The summed E-state index contributed by atoms with van der Waals surface area (Å²) in [5.41, 5.74) is 0.276. The third-order valence-electron chi connectivity index (χ3n) is 2.93. The number of rotatable bonds is 5. The van der Waals surface area contributed by atoms with Gasteiger partial charge in [0, 0.05) is 0 Å². The van der Waals surface area contributed by atoms with Gasteiger partial charge in [-0.2, -0.15) is 0 Å². The number of ketones is 1. The molecule has 18 heavy (non-hydrogen) atoms. The SMILES string of the molecule is COc1ccc(/C=C/C(=O)C2(C)CO2)cc1OC. The standard InChI is InChI=1S/C14H16O4/c1-14(9-18-14)13(15)7-5-10-4-6-11(16-2)12(8-10)17-3/h4-8H,9H2,1-3H3/b7-5+. The first kappa shape index (κ1) is 12.6. The van der Waals surface area contributed by atoms with Crippen molar-refractivity contribution in [3.8, 4) is 11.5 Å². The molecule has 0 bridgehead atoms. The van der Waals surface area contributed by atoms with Crippen LogP contribution in [-0.2, 0) is 9.53 Å². The van der Waals surface area contributed by atoms with Gasteiger partial charge in [0.15, 0.2) is 22.9 Å². The van der Waals surface area contributed by atoms with Gasteiger partial charge in [0.25, 0.3) is 0 Å². The van der Waals surface area contributed by atoms with Crippen LogP contribution in [-0.4, -0.2) is 32.2 Å². The van der Waals surface area contributed by atoms with Crippen molar-refractivity contribution in [3.63, 3.8) is 0 Å². The fraction of sp³-hybridized carbons (Fsp3) is 0.357. The summed E-state index contributed by atoms with van der Waals surface area (Å²) in [6.07, 6.45) is 3.28. The van der Waals surface area contributed by atoms with Crippen LogP contribution >= 0.6 is 0 Å². The molecule has 4 nitrogen and oxygen atoms in total. The molecule has 1 unspecified atom stereocenters. The number of hydrogen-bond acceptors (Lipinski definition) is 4. The van der Waals surface area contributed by atoms with Gasteiger partial charge in [0.05, 0.1) is 20.8 Å². The largest absolute Gasteiger partial charge is 0.493 e. The van der Waals surface area contributed by atoms with Gasteiger partial charge in [0.1, 0.15) is 0 Å². The van der Waals surface area contributed by atoms with E-state index in [4.69, 9.17) is 14.2 Å². The minimum Gasteiger partial charge on any atom is -0.493 e. The highest BCUT2D eigenvalue weighted by atomic mass is 16.6. The van der Waals surface area contributed by atoms with Gasteiger partial charge in [-0.05, 0) is 30.7 Å². The van der Waals surface area contributed by atoms with Crippen LogP contribution in [0.15, 0.2) is 24.3 Å². The van der Waals surface area contributed by atoms with Crippen molar-refractivity contribution in [1.82, 2.24) is 0 Å². The van der Waals surface area contributed by atoms with E-state index < -0.39 is 5.60 Å². The molecule has 0 N–H and O–H groups in total. The Morgan fingerprint density at radius 2 is 2.00 bits per heavy atom. The van der Waals surface area contributed by atoms with E-state index >= 15 is 0 Å². The molecule has 2 rings (SSSR count). The molecule has 0 aromatic heterocycles. The quantitative estimate of drug-likeness (QED) is 0.591. The van der Waals surface area contributed by atoms with E-state index in [0.29, 0.717) is 18.1 Å². The van der Waals surface area contributed by atoms with E-state index in [1.54, 1.807) is 33.3 Å². The fourth-order valence-electron chi connectivity index (χ4n) is 1.56. The second-order valence-corrected chi connectivity index (χ2v) is 4.33. The molecule has 1 fully saturated rings. The molecule has 96 valence electrons. The fourth-order valence-corrected chi connectivity index (χ4v) is 1.56. The smallest absolute Gasteiger partial charge is 0.189 e. The molecule has 0 radical (unpaired) electrons. The second-order valence-electron chi connectivity index (χ2n) is 4.33. The van der Waals surface area contributed by atoms with E-state index in [2.05, 4.69) is 0 Å². The Kier molecular flexibility index (Phi) is 3.39. The molecule has 1 aliphatic rings. The molecule has 1 aliphatic heterocycles.